The number of hydrogen-bond acceptors (Lipinski definition) is 8. The Hall–Kier alpha value is -2.81. The van der Waals surface area contributed by atoms with Crippen LogP contribution in [0.3, 0.4) is 0 Å². The molecule has 2 unspecified atom stereocenters. The fourth-order valence-corrected chi connectivity index (χ4v) is 7.78. The number of aromatic nitrogens is 3. The number of hydrogen-bond donors (Lipinski definition) is 1. The molecule has 5 atom stereocenters. The standard InChI is InChI=1S/C25H31N5O4Si/c1-23(2,3)35(16-9-7-6-8-10-16)31-13-18-20-21(34-24(4,5)33-20)25(14-26,32-18)19-12-11-17-22(27)28-15-29-30(17)19/h6-12,15,18,20-21,35H,13H2,1-5H3,(H2,27,28,29)/t18-,20-,21-,25?,35?/m1/s1. The summed E-state index contributed by atoms with van der Waals surface area (Å²) in [4.78, 5) is 4.05. The molecule has 0 radical (unpaired) electrons. The van der Waals surface area contributed by atoms with E-state index < -0.39 is 38.7 Å². The largest absolute Gasteiger partial charge is 0.412 e. The van der Waals surface area contributed by atoms with Crippen LogP contribution in [-0.4, -0.2) is 54.3 Å². The van der Waals surface area contributed by atoms with Crippen LogP contribution >= 0.6 is 0 Å². The second-order valence-electron chi connectivity index (χ2n) is 10.7. The molecule has 0 amide bonds. The molecule has 0 bridgehead atoms. The van der Waals surface area contributed by atoms with E-state index >= 15 is 0 Å². The fourth-order valence-electron chi connectivity index (χ4n) is 5.13. The third-order valence-corrected chi connectivity index (χ3v) is 9.67. The zero-order valence-corrected chi connectivity index (χ0v) is 21.8. The molecule has 2 fully saturated rings. The lowest BCUT2D eigenvalue weighted by molar-refractivity contribution is -0.204. The van der Waals surface area contributed by atoms with Gasteiger partial charge in [0.2, 0.25) is 14.6 Å². The minimum atomic E-state index is -1.87. The maximum Gasteiger partial charge on any atom is 0.226 e. The SMILES string of the molecule is CC1(C)O[C@H]2[C@@H](O1)C(C#N)(c1ccc3c(N)ncnn13)O[C@@H]2CO[SiH](c1ccccc1)C(C)(C)C. The van der Waals surface area contributed by atoms with Crippen molar-refractivity contribution in [1.29, 1.82) is 5.26 Å². The molecule has 0 spiro atoms. The molecule has 2 aliphatic rings. The first-order valence-electron chi connectivity index (χ1n) is 11.8. The van der Waals surface area contributed by atoms with Crippen LogP contribution in [0.4, 0.5) is 5.82 Å². The van der Waals surface area contributed by atoms with E-state index in [4.69, 9.17) is 24.4 Å². The van der Waals surface area contributed by atoms with E-state index in [1.165, 1.54) is 11.5 Å². The Morgan fingerprint density at radius 3 is 2.57 bits per heavy atom. The lowest BCUT2D eigenvalue weighted by atomic mass is 9.92. The summed E-state index contributed by atoms with van der Waals surface area (Å²) in [6.07, 6.45) is -0.303. The Balaban J connectivity index is 1.50. The zero-order valence-electron chi connectivity index (χ0n) is 20.6. The molecule has 0 aliphatic carbocycles. The van der Waals surface area contributed by atoms with E-state index in [-0.39, 0.29) is 11.6 Å². The zero-order chi connectivity index (χ0) is 25.0. The highest BCUT2D eigenvalue weighted by Crippen LogP contribution is 2.49. The summed E-state index contributed by atoms with van der Waals surface area (Å²) >= 11 is 0. The van der Waals surface area contributed by atoms with Gasteiger partial charge in [0.1, 0.15) is 36.2 Å². The van der Waals surface area contributed by atoms with Crippen LogP contribution in [-0.2, 0) is 24.2 Å². The number of benzene rings is 1. The van der Waals surface area contributed by atoms with Crippen LogP contribution in [0.15, 0.2) is 48.8 Å². The maximum absolute atomic E-state index is 10.5. The second kappa shape index (κ2) is 8.39. The molecule has 0 saturated carbocycles. The summed E-state index contributed by atoms with van der Waals surface area (Å²) in [5, 5.41) is 16.0. The number of nitrogen functional groups attached to an aromatic ring is 1. The number of ether oxygens (including phenoxy) is 3. The predicted molar refractivity (Wildman–Crippen MR) is 132 cm³/mol. The Morgan fingerprint density at radius 2 is 1.89 bits per heavy atom. The van der Waals surface area contributed by atoms with Gasteiger partial charge in [-0.3, -0.25) is 0 Å². The summed E-state index contributed by atoms with van der Waals surface area (Å²) in [5.41, 5.74) is 5.71. The van der Waals surface area contributed by atoms with Crippen molar-refractivity contribution in [2.24, 2.45) is 0 Å². The van der Waals surface area contributed by atoms with Crippen molar-refractivity contribution in [2.75, 3.05) is 12.3 Å². The molecule has 10 heteroatoms. The van der Waals surface area contributed by atoms with Gasteiger partial charge in [0.15, 0.2) is 11.6 Å². The molecule has 2 aliphatic heterocycles. The van der Waals surface area contributed by atoms with Crippen molar-refractivity contribution in [3.8, 4) is 6.07 Å². The van der Waals surface area contributed by atoms with Crippen molar-refractivity contribution >= 4 is 25.6 Å². The Labute approximate surface area is 206 Å². The third kappa shape index (κ3) is 4.03. The summed E-state index contributed by atoms with van der Waals surface area (Å²) < 4.78 is 27.3. The van der Waals surface area contributed by atoms with Crippen molar-refractivity contribution in [1.82, 2.24) is 14.6 Å². The molecule has 35 heavy (non-hydrogen) atoms. The minimum Gasteiger partial charge on any atom is -0.412 e. The lowest BCUT2D eigenvalue weighted by Gasteiger charge is -2.32. The van der Waals surface area contributed by atoms with E-state index in [2.05, 4.69) is 49.1 Å². The molecular formula is C25H31N5O4Si. The third-order valence-electron chi connectivity index (χ3n) is 6.58. The van der Waals surface area contributed by atoms with Crippen LogP contribution in [0.1, 0.15) is 40.3 Å². The second-order valence-corrected chi connectivity index (χ2v) is 14.2. The van der Waals surface area contributed by atoms with Gasteiger partial charge < -0.3 is 24.4 Å². The van der Waals surface area contributed by atoms with Gasteiger partial charge in [-0.2, -0.15) is 10.4 Å². The topological polar surface area (TPSA) is 117 Å². The summed E-state index contributed by atoms with van der Waals surface area (Å²) in [5.74, 6) is -0.555. The highest BCUT2D eigenvalue weighted by molar-refractivity contribution is 6.70. The number of nitrogens with two attached hydrogens (primary N) is 1. The average Bonchev–Trinajstić information content (AvgIpc) is 3.45. The van der Waals surface area contributed by atoms with Crippen LogP contribution in [0.25, 0.3) is 5.52 Å². The molecule has 5 rings (SSSR count). The van der Waals surface area contributed by atoms with E-state index in [0.29, 0.717) is 17.0 Å². The Bertz CT molecular complexity index is 1270. The van der Waals surface area contributed by atoms with Crippen molar-refractivity contribution in [3.63, 3.8) is 0 Å². The Kier molecular flexibility index (Phi) is 5.73. The van der Waals surface area contributed by atoms with E-state index in [1.54, 1.807) is 16.6 Å². The van der Waals surface area contributed by atoms with Crippen LogP contribution in [0, 0.1) is 11.3 Å². The minimum absolute atomic E-state index is 0.0237. The van der Waals surface area contributed by atoms with Gasteiger partial charge in [-0.1, -0.05) is 51.1 Å². The molecule has 9 nitrogen and oxygen atoms in total. The van der Waals surface area contributed by atoms with Gasteiger partial charge in [-0.05, 0) is 36.2 Å². The number of rotatable bonds is 5. The number of nitriles is 1. The first-order chi connectivity index (χ1) is 16.6. The Morgan fingerprint density at radius 1 is 1.14 bits per heavy atom. The molecular weight excluding hydrogens is 462 g/mol. The highest BCUT2D eigenvalue weighted by Gasteiger charge is 2.65. The van der Waals surface area contributed by atoms with E-state index in [0.717, 1.165) is 0 Å². The first kappa shape index (κ1) is 23.9. The maximum atomic E-state index is 10.5. The lowest BCUT2D eigenvalue weighted by Crippen LogP contribution is -2.44. The smallest absolute Gasteiger partial charge is 0.226 e. The first-order valence-corrected chi connectivity index (χ1v) is 13.4. The summed E-state index contributed by atoms with van der Waals surface area (Å²) in [6, 6.07) is 16.3. The fraction of sp³-hybridized carbons (Fsp3) is 0.480. The van der Waals surface area contributed by atoms with Crippen molar-refractivity contribution in [3.05, 3.63) is 54.5 Å². The van der Waals surface area contributed by atoms with Gasteiger partial charge in [0.25, 0.3) is 0 Å². The van der Waals surface area contributed by atoms with Crippen molar-refractivity contribution < 1.29 is 18.6 Å². The van der Waals surface area contributed by atoms with Crippen molar-refractivity contribution in [2.45, 2.75) is 69.4 Å². The summed E-state index contributed by atoms with van der Waals surface area (Å²) in [6.45, 7) is 10.6. The average molecular weight is 494 g/mol. The predicted octanol–water partition coefficient (Wildman–Crippen LogP) is 2.40. The van der Waals surface area contributed by atoms with E-state index in [1.807, 2.05) is 32.0 Å². The monoisotopic (exact) mass is 493 g/mol. The molecule has 2 N–H and O–H groups in total. The number of fused-ring (bicyclic) bond motifs is 2. The van der Waals surface area contributed by atoms with Gasteiger partial charge in [-0.25, -0.2) is 9.50 Å². The number of anilines is 1. The molecule has 184 valence electrons. The quantitative estimate of drug-likeness (QED) is 0.539. The molecule has 3 aromatic rings. The molecule has 1 aromatic carbocycles. The molecule has 2 saturated heterocycles. The van der Waals surface area contributed by atoms with Crippen LogP contribution in [0.2, 0.25) is 5.04 Å². The molecule has 2 aromatic heterocycles. The molecule has 4 heterocycles. The summed E-state index contributed by atoms with van der Waals surface area (Å²) in [7, 11) is -1.87. The van der Waals surface area contributed by atoms with Gasteiger partial charge >= 0.3 is 0 Å². The van der Waals surface area contributed by atoms with Gasteiger partial charge in [-0.15, -0.1) is 0 Å². The number of nitrogens with zero attached hydrogens (tertiary/aromatic N) is 4. The van der Waals surface area contributed by atoms with Gasteiger partial charge in [0, 0.05) is 0 Å². The normalized spacial score (nSPS) is 28.6. The highest BCUT2D eigenvalue weighted by atomic mass is 28.3. The van der Waals surface area contributed by atoms with E-state index in [9.17, 15) is 5.26 Å². The van der Waals surface area contributed by atoms with Crippen LogP contribution < -0.4 is 10.9 Å². The van der Waals surface area contributed by atoms with Crippen LogP contribution in [0.5, 0.6) is 0 Å². The van der Waals surface area contributed by atoms with Gasteiger partial charge in [0.05, 0.1) is 12.3 Å².